The lowest BCUT2D eigenvalue weighted by Crippen LogP contribution is -2.23. The zero-order chi connectivity index (χ0) is 10.2. The number of hydrogen-bond donors (Lipinski definition) is 0. The molecule has 1 heterocycles. The molecule has 74 valence electrons. The van der Waals surface area contributed by atoms with E-state index in [1.165, 1.54) is 0 Å². The lowest BCUT2D eigenvalue weighted by atomic mass is 10.3. The van der Waals surface area contributed by atoms with Crippen LogP contribution in [0.25, 0.3) is 0 Å². The van der Waals surface area contributed by atoms with Crippen molar-refractivity contribution in [1.29, 1.82) is 0 Å². The van der Waals surface area contributed by atoms with E-state index in [4.69, 9.17) is 0 Å². The van der Waals surface area contributed by atoms with Crippen LogP contribution >= 0.6 is 32.9 Å². The van der Waals surface area contributed by atoms with E-state index < -0.39 is 26.9 Å². The fraction of sp³-hybridized carbons (Fsp3) is 0.400. The van der Waals surface area contributed by atoms with Gasteiger partial charge < -0.3 is 0 Å². The zero-order valence-electron chi connectivity index (χ0n) is 5.69. The van der Waals surface area contributed by atoms with Crippen molar-refractivity contribution in [3.05, 3.63) is 14.5 Å². The summed E-state index contributed by atoms with van der Waals surface area (Å²) in [5.74, 6) is -5.85. The molecule has 1 rings (SSSR count). The van der Waals surface area contributed by atoms with Crippen LogP contribution in [0.1, 0.15) is 4.88 Å². The Balaban J connectivity index is 3.22. The summed E-state index contributed by atoms with van der Waals surface area (Å²) in [6.07, 6.45) is -3.91. The molecule has 0 radical (unpaired) electrons. The number of halogens is 5. The van der Waals surface area contributed by atoms with Gasteiger partial charge in [0.1, 0.15) is 8.70 Å². The largest absolute Gasteiger partial charge is 0.345 e. The molecule has 1 aromatic rings. The van der Waals surface area contributed by atoms with E-state index in [0.29, 0.717) is 10.3 Å². The van der Waals surface area contributed by atoms with Crippen LogP contribution in [0.4, 0.5) is 22.0 Å². The molecule has 0 N–H and O–H groups in total. The Morgan fingerprint density at radius 2 is 1.77 bits per heavy atom. The van der Waals surface area contributed by atoms with Gasteiger partial charge in [0.15, 0.2) is 5.82 Å². The van der Waals surface area contributed by atoms with Crippen LogP contribution < -0.4 is 0 Å². The zero-order valence-corrected chi connectivity index (χ0v) is 8.14. The van der Waals surface area contributed by atoms with Gasteiger partial charge >= 0.3 is 12.3 Å². The van der Waals surface area contributed by atoms with Crippen molar-refractivity contribution in [3.8, 4) is 0 Å². The van der Waals surface area contributed by atoms with Crippen molar-refractivity contribution in [2.75, 3.05) is 0 Å². The molecule has 1 aromatic heterocycles. The van der Waals surface area contributed by atoms with E-state index in [-0.39, 0.29) is 10.3 Å². The van der Waals surface area contributed by atoms with Gasteiger partial charge in [-0.05, 0) is 0 Å². The van der Waals surface area contributed by atoms with Gasteiger partial charge in [0.25, 0.3) is 0 Å². The molecule has 0 nitrogen and oxygen atoms in total. The normalized spacial score (nSPS) is 12.5. The second kappa shape index (κ2) is 3.58. The highest BCUT2D eigenvalue weighted by Gasteiger charge is 2.46. The van der Waals surface area contributed by atoms with Crippen molar-refractivity contribution < 1.29 is 22.0 Å². The SMILES string of the molecule is Fc1c(C(F)(F)C(F)F)ssc1=S. The van der Waals surface area contributed by atoms with Crippen molar-refractivity contribution in [2.24, 2.45) is 0 Å². The minimum absolute atomic E-state index is 0.244. The molecule has 0 saturated carbocycles. The molecule has 0 bridgehead atoms. The van der Waals surface area contributed by atoms with Gasteiger partial charge in [-0.1, -0.05) is 32.9 Å². The average molecular weight is 252 g/mol. The molecule has 0 fully saturated rings. The highest BCUT2D eigenvalue weighted by molar-refractivity contribution is 7.79. The fourth-order valence-corrected chi connectivity index (χ4v) is 3.04. The van der Waals surface area contributed by atoms with Crippen LogP contribution in [0, 0.1) is 9.64 Å². The third-order valence-corrected chi connectivity index (χ3v) is 4.18. The third kappa shape index (κ3) is 1.89. The third-order valence-electron chi connectivity index (χ3n) is 1.16. The van der Waals surface area contributed by atoms with E-state index in [2.05, 4.69) is 12.2 Å². The van der Waals surface area contributed by atoms with Gasteiger partial charge in [-0.3, -0.25) is 0 Å². The first-order valence-electron chi connectivity index (χ1n) is 2.82. The second-order valence-corrected chi connectivity index (χ2v) is 4.84. The first-order chi connectivity index (χ1) is 5.87. The van der Waals surface area contributed by atoms with Crippen LogP contribution in [0.2, 0.25) is 0 Å². The summed E-state index contributed by atoms with van der Waals surface area (Å²) in [6.45, 7) is 0. The van der Waals surface area contributed by atoms with Crippen molar-refractivity contribution in [3.63, 3.8) is 0 Å². The minimum atomic E-state index is -4.44. The smallest absolute Gasteiger partial charge is 0.203 e. The summed E-state index contributed by atoms with van der Waals surface area (Å²) in [5, 5.41) is 0. The van der Waals surface area contributed by atoms with Crippen molar-refractivity contribution >= 4 is 32.9 Å². The highest BCUT2D eigenvalue weighted by Crippen LogP contribution is 2.41. The monoisotopic (exact) mass is 252 g/mol. The van der Waals surface area contributed by atoms with Gasteiger partial charge in [-0.25, -0.2) is 13.2 Å². The maximum atomic E-state index is 12.7. The Morgan fingerprint density at radius 3 is 2.08 bits per heavy atom. The predicted molar refractivity (Wildman–Crippen MR) is 42.9 cm³/mol. The number of alkyl halides is 4. The maximum Gasteiger partial charge on any atom is 0.345 e. The first kappa shape index (κ1) is 11.0. The molecular formula is C5HF5S3. The Hall–Kier alpha value is -0.0800. The fourth-order valence-electron chi connectivity index (χ4n) is 0.546. The molecule has 0 aliphatic heterocycles. The van der Waals surface area contributed by atoms with E-state index in [9.17, 15) is 22.0 Å². The van der Waals surface area contributed by atoms with Gasteiger partial charge in [0.2, 0.25) is 0 Å². The van der Waals surface area contributed by atoms with Gasteiger partial charge in [0, 0.05) is 0 Å². The van der Waals surface area contributed by atoms with Gasteiger partial charge in [0.05, 0.1) is 0 Å². The van der Waals surface area contributed by atoms with Crippen molar-refractivity contribution in [1.82, 2.24) is 0 Å². The van der Waals surface area contributed by atoms with Crippen molar-refractivity contribution in [2.45, 2.75) is 12.3 Å². The summed E-state index contributed by atoms with van der Waals surface area (Å²) < 4.78 is 60.9. The maximum absolute atomic E-state index is 12.7. The highest BCUT2D eigenvalue weighted by atomic mass is 32.9. The van der Waals surface area contributed by atoms with Gasteiger partial charge in [-0.15, -0.1) is 0 Å². The lowest BCUT2D eigenvalue weighted by Gasteiger charge is -2.12. The van der Waals surface area contributed by atoms with E-state index >= 15 is 0 Å². The Bertz CT molecular complexity index is 351. The standard InChI is InChI=1S/C5HF5S3/c6-1-2(12-13-3(1)11)5(9,10)4(7)8/h4H. The second-order valence-electron chi connectivity index (χ2n) is 2.02. The molecule has 0 aromatic carbocycles. The topological polar surface area (TPSA) is 0 Å². The van der Waals surface area contributed by atoms with Crippen LogP contribution in [-0.2, 0) is 5.92 Å². The Kier molecular flexibility index (Phi) is 3.03. The Labute approximate surface area is 82.0 Å². The lowest BCUT2D eigenvalue weighted by molar-refractivity contribution is -0.134. The predicted octanol–water partition coefficient (Wildman–Crippen LogP) is 4.04. The van der Waals surface area contributed by atoms with E-state index in [1.807, 2.05) is 0 Å². The summed E-state index contributed by atoms with van der Waals surface area (Å²) in [7, 11) is 0.787. The van der Waals surface area contributed by atoms with E-state index in [0.717, 1.165) is 0 Å². The summed E-state index contributed by atoms with van der Waals surface area (Å²) in [6, 6.07) is 0. The van der Waals surface area contributed by atoms with Gasteiger partial charge in [-0.2, -0.15) is 8.78 Å². The molecule has 8 heteroatoms. The van der Waals surface area contributed by atoms with Crippen LogP contribution in [0.15, 0.2) is 0 Å². The average Bonchev–Trinajstić information content (AvgIpc) is 2.33. The molecule has 13 heavy (non-hydrogen) atoms. The molecule has 0 amide bonds. The molecule has 0 aliphatic rings. The quantitative estimate of drug-likeness (QED) is 0.435. The van der Waals surface area contributed by atoms with Crippen LogP contribution in [0.3, 0.4) is 0 Å². The minimum Gasteiger partial charge on any atom is -0.203 e. The number of rotatable bonds is 2. The van der Waals surface area contributed by atoms with E-state index in [1.54, 1.807) is 0 Å². The summed E-state index contributed by atoms with van der Waals surface area (Å²) in [5.41, 5.74) is 0. The summed E-state index contributed by atoms with van der Waals surface area (Å²) in [4.78, 5) is -1.28. The molecular weight excluding hydrogens is 251 g/mol. The molecule has 0 spiro atoms. The Morgan fingerprint density at radius 1 is 1.23 bits per heavy atom. The summed E-state index contributed by atoms with van der Waals surface area (Å²) >= 11 is 4.31. The molecule has 0 atom stereocenters. The number of hydrogen-bond acceptors (Lipinski definition) is 3. The first-order valence-corrected chi connectivity index (χ1v) is 5.38. The molecule has 0 saturated heterocycles. The molecule has 0 unspecified atom stereocenters. The van der Waals surface area contributed by atoms with Crippen LogP contribution in [0.5, 0.6) is 0 Å². The molecule has 0 aliphatic carbocycles. The van der Waals surface area contributed by atoms with Crippen LogP contribution in [-0.4, -0.2) is 6.43 Å².